The molecule has 0 aliphatic heterocycles. The summed E-state index contributed by atoms with van der Waals surface area (Å²) in [5.41, 5.74) is -2.97. The molecule has 22 heavy (non-hydrogen) atoms. The van der Waals surface area contributed by atoms with Crippen LogP contribution in [-0.4, -0.2) is 28.6 Å². The van der Waals surface area contributed by atoms with Gasteiger partial charge in [0.15, 0.2) is 0 Å². The second kappa shape index (κ2) is 14.0. The molecular formula is C6H21MnN4O11. The van der Waals surface area contributed by atoms with Gasteiger partial charge in [-0.3, -0.25) is 0 Å². The number of carboxylic acids is 3. The van der Waals surface area contributed by atoms with Gasteiger partial charge < -0.3 is 59.4 Å². The summed E-state index contributed by atoms with van der Waals surface area (Å²) in [6.45, 7) is 0. The molecule has 16 heteroatoms. The summed E-state index contributed by atoms with van der Waals surface area (Å²) in [6, 6.07) is 0. The van der Waals surface area contributed by atoms with Gasteiger partial charge in [0.1, 0.15) is 5.60 Å². The Balaban J connectivity index is -0.0000000627. The van der Waals surface area contributed by atoms with E-state index in [1.54, 1.807) is 0 Å². The van der Waals surface area contributed by atoms with Crippen molar-refractivity contribution in [3.8, 4) is 0 Å². The second-order valence-corrected chi connectivity index (χ2v) is 3.97. The molecule has 0 unspecified atom stereocenters. The van der Waals surface area contributed by atoms with Crippen molar-refractivity contribution in [1.29, 1.82) is 0 Å². The van der Waals surface area contributed by atoms with Crippen molar-refractivity contribution >= 4 is 17.9 Å². The number of aliphatic carboxylic acids is 3. The van der Waals surface area contributed by atoms with Crippen LogP contribution in [0.25, 0.3) is 0 Å². The van der Waals surface area contributed by atoms with Crippen molar-refractivity contribution in [2.24, 2.45) is 0 Å². The van der Waals surface area contributed by atoms with Crippen molar-refractivity contribution in [2.45, 2.75) is 18.4 Å². The van der Waals surface area contributed by atoms with E-state index < -0.39 is 49.3 Å². The molecule has 0 bridgehead atoms. The van der Waals surface area contributed by atoms with Crippen LogP contribution in [0.5, 0.6) is 0 Å². The number of hydrogen-bond acceptors (Lipinski definition) is 11. The van der Waals surface area contributed by atoms with Crippen LogP contribution in [0.3, 0.4) is 0 Å². The van der Waals surface area contributed by atoms with Crippen molar-refractivity contribution in [3.05, 3.63) is 0 Å². The molecule has 0 spiro atoms. The van der Waals surface area contributed by atoms with Crippen molar-refractivity contribution < 1.29 is 63.5 Å². The van der Waals surface area contributed by atoms with E-state index in [9.17, 15) is 29.7 Å². The SMILES string of the molecule is O=C([O-])CC(O)(CC(=O)[O-])C(=O)[O-].[NH4+].[NH4+].[NH4+].[NH4+].[O]=[Mn](=[O])(=[O])[O-]. The number of carboxylic acid groups (broad SMARTS) is 3. The third-order valence-electron chi connectivity index (χ3n) is 1.25. The zero-order chi connectivity index (χ0) is 15.1. The van der Waals surface area contributed by atoms with Gasteiger partial charge in [-0.15, -0.1) is 0 Å². The predicted octanol–water partition coefficient (Wildman–Crippen LogP) is -5.30. The average Bonchev–Trinajstić information content (AvgIpc) is 1.95. The molecule has 0 aromatic carbocycles. The summed E-state index contributed by atoms with van der Waals surface area (Å²) in [5.74, 6) is -5.98. The summed E-state index contributed by atoms with van der Waals surface area (Å²) >= 11 is -5.62. The molecule has 0 aromatic heterocycles. The van der Waals surface area contributed by atoms with Crippen molar-refractivity contribution in [3.63, 3.8) is 0 Å². The van der Waals surface area contributed by atoms with E-state index in [1.165, 1.54) is 0 Å². The summed E-state index contributed by atoms with van der Waals surface area (Å²) in [7, 11) is 0. The molecule has 138 valence electrons. The molecule has 0 aliphatic rings. The summed E-state index contributed by atoms with van der Waals surface area (Å²) < 4.78 is 34.3. The number of rotatable bonds is 5. The zero-order valence-corrected chi connectivity index (χ0v) is 13.5. The third kappa shape index (κ3) is 26.6. The summed E-state index contributed by atoms with van der Waals surface area (Å²) in [4.78, 5) is 30.0. The van der Waals surface area contributed by atoms with Gasteiger partial charge in [0.2, 0.25) is 0 Å². The van der Waals surface area contributed by atoms with E-state index in [0.717, 1.165) is 0 Å². The maximum absolute atomic E-state index is 10.1. The first-order valence-electron chi connectivity index (χ1n) is 3.73. The number of quaternary nitrogens is 4. The molecule has 17 N–H and O–H groups in total. The van der Waals surface area contributed by atoms with E-state index in [2.05, 4.69) is 0 Å². The Morgan fingerprint density at radius 1 is 0.818 bits per heavy atom. The minimum absolute atomic E-state index is 0. The molecule has 15 nitrogen and oxygen atoms in total. The van der Waals surface area contributed by atoms with Gasteiger partial charge in [0.25, 0.3) is 0 Å². The predicted molar refractivity (Wildman–Crippen MR) is 55.2 cm³/mol. The van der Waals surface area contributed by atoms with Gasteiger partial charge in [0, 0.05) is 24.8 Å². The van der Waals surface area contributed by atoms with Crippen molar-refractivity contribution in [1.82, 2.24) is 24.6 Å². The first-order valence-corrected chi connectivity index (χ1v) is 5.66. The van der Waals surface area contributed by atoms with Crippen LogP contribution in [0.4, 0.5) is 0 Å². The molecule has 0 fully saturated rings. The minimum atomic E-state index is -5.62. The standard InChI is InChI=1S/C6H8O7.Mn.4H3N.4O/c7-3(8)1-6(13,5(11)12)2-4(9)10;;;;;;;;;/h13H,1-2H2,(H,7,8)(H,9,10)(H,11,12);;4*1H3;;;;/q;;;;;;;;;-1/p+1. The van der Waals surface area contributed by atoms with E-state index in [0.29, 0.717) is 0 Å². The van der Waals surface area contributed by atoms with Crippen LogP contribution in [0.15, 0.2) is 0 Å². The van der Waals surface area contributed by atoms with Crippen LogP contribution >= 0.6 is 0 Å². The van der Waals surface area contributed by atoms with Crippen LogP contribution in [0.1, 0.15) is 12.8 Å². The van der Waals surface area contributed by atoms with Crippen LogP contribution in [0, 0.1) is 0 Å². The molecule has 0 aliphatic carbocycles. The third-order valence-corrected chi connectivity index (χ3v) is 1.25. The molecule has 0 amide bonds. The van der Waals surface area contributed by atoms with Gasteiger partial charge in [-0.2, -0.15) is 0 Å². The van der Waals surface area contributed by atoms with E-state index in [4.69, 9.17) is 20.8 Å². The zero-order valence-electron chi connectivity index (χ0n) is 12.3. The van der Waals surface area contributed by atoms with Gasteiger partial charge in [0.05, 0.1) is 5.97 Å². The molecule has 0 saturated carbocycles. The Labute approximate surface area is 125 Å². The van der Waals surface area contributed by atoms with E-state index in [1.807, 2.05) is 0 Å². The van der Waals surface area contributed by atoms with Gasteiger partial charge >= 0.3 is 28.7 Å². The Morgan fingerprint density at radius 2 is 1.00 bits per heavy atom. The fourth-order valence-corrected chi connectivity index (χ4v) is 0.684. The Bertz CT molecular complexity index is 465. The second-order valence-electron chi connectivity index (χ2n) is 2.79. The molecule has 0 aromatic rings. The monoisotopic (exact) mass is 380 g/mol. The topological polar surface area (TPSA) is 361 Å². The molecule has 0 radical (unpaired) electrons. The quantitative estimate of drug-likeness (QED) is 0.280. The maximum atomic E-state index is 10.1. The van der Waals surface area contributed by atoms with Crippen molar-refractivity contribution in [2.75, 3.05) is 0 Å². The number of carbonyl (C=O) groups excluding carboxylic acids is 3. The Hall–Kier alpha value is -1.91. The average molecular weight is 380 g/mol. The molecule has 0 heterocycles. The van der Waals surface area contributed by atoms with Gasteiger partial charge in [-0.25, -0.2) is 0 Å². The summed E-state index contributed by atoms with van der Waals surface area (Å²) in [6.07, 6.45) is -2.72. The van der Waals surface area contributed by atoms with Gasteiger partial charge in [-0.05, 0) is 0 Å². The Morgan fingerprint density at radius 3 is 1.09 bits per heavy atom. The normalized spacial score (nSPS) is 9.00. The van der Waals surface area contributed by atoms with E-state index in [-0.39, 0.29) is 24.6 Å². The van der Waals surface area contributed by atoms with Crippen LogP contribution < -0.4 is 44.1 Å². The number of aliphatic hydroxyl groups is 1. The Kier molecular flexibility index (Phi) is 23.5. The molecular weight excluding hydrogens is 359 g/mol. The number of carbonyl (C=O) groups is 3. The van der Waals surface area contributed by atoms with E-state index >= 15 is 0 Å². The first-order chi connectivity index (χ1) is 7.78. The van der Waals surface area contributed by atoms with Gasteiger partial charge in [-0.1, -0.05) is 0 Å². The fraction of sp³-hybridized carbons (Fsp3) is 0.500. The molecule has 0 rings (SSSR count). The fourth-order valence-electron chi connectivity index (χ4n) is 0.684. The van der Waals surface area contributed by atoms with Crippen LogP contribution in [-0.2, 0) is 38.9 Å². The first kappa shape index (κ1) is 36.9. The molecule has 0 saturated heterocycles. The number of hydrogen-bond donors (Lipinski definition) is 5. The molecule has 0 atom stereocenters. The summed E-state index contributed by atoms with van der Waals surface area (Å²) in [5, 5.41) is 38.9. The van der Waals surface area contributed by atoms with Crippen LogP contribution in [0.2, 0.25) is 0 Å².